The Labute approximate surface area is 109 Å². The molecule has 3 rings (SSSR count). The molecule has 0 atom stereocenters. The van der Waals surface area contributed by atoms with Gasteiger partial charge in [-0.2, -0.15) is 0 Å². The summed E-state index contributed by atoms with van der Waals surface area (Å²) in [5, 5.41) is 0. The monoisotopic (exact) mass is 243 g/mol. The third kappa shape index (κ3) is 2.16. The molecule has 1 aromatic rings. The van der Waals surface area contributed by atoms with Crippen LogP contribution in [-0.2, 0) is 10.2 Å². The number of amides is 1. The van der Waals surface area contributed by atoms with Crippen molar-refractivity contribution in [1.82, 2.24) is 4.90 Å². The number of likely N-dealkylation sites (tertiary alicyclic amines) is 1. The Balaban J connectivity index is 1.67. The first-order chi connectivity index (χ1) is 8.69. The van der Waals surface area contributed by atoms with Crippen LogP contribution in [0.4, 0.5) is 0 Å². The minimum Gasteiger partial charge on any atom is -0.342 e. The lowest BCUT2D eigenvalue weighted by Crippen LogP contribution is -2.44. The highest BCUT2D eigenvalue weighted by molar-refractivity contribution is 5.81. The van der Waals surface area contributed by atoms with E-state index in [4.69, 9.17) is 0 Å². The Morgan fingerprint density at radius 2 is 1.78 bits per heavy atom. The van der Waals surface area contributed by atoms with Gasteiger partial charge in [0.05, 0.1) is 0 Å². The molecule has 0 bridgehead atoms. The minimum atomic E-state index is 0.252. The third-order valence-electron chi connectivity index (χ3n) is 4.58. The van der Waals surface area contributed by atoms with Gasteiger partial charge in [0.15, 0.2) is 0 Å². The fourth-order valence-corrected chi connectivity index (χ4v) is 2.94. The fourth-order valence-electron chi connectivity index (χ4n) is 2.94. The second-order valence-corrected chi connectivity index (χ2v) is 6.03. The van der Waals surface area contributed by atoms with E-state index in [1.54, 1.807) is 0 Å². The lowest BCUT2D eigenvalue weighted by Gasteiger charge is -2.40. The van der Waals surface area contributed by atoms with Crippen molar-refractivity contribution >= 4 is 5.91 Å². The number of piperidine rings is 1. The van der Waals surface area contributed by atoms with Crippen molar-refractivity contribution in [2.45, 2.75) is 38.0 Å². The van der Waals surface area contributed by atoms with Gasteiger partial charge in [0.2, 0.25) is 5.91 Å². The van der Waals surface area contributed by atoms with Crippen LogP contribution >= 0.6 is 0 Å². The molecular formula is C16H21NO. The first-order valence-electron chi connectivity index (χ1n) is 7.03. The molecule has 1 saturated heterocycles. The van der Waals surface area contributed by atoms with E-state index in [-0.39, 0.29) is 5.41 Å². The molecule has 0 unspecified atom stereocenters. The maximum absolute atomic E-state index is 12.0. The van der Waals surface area contributed by atoms with Crippen LogP contribution in [-0.4, -0.2) is 23.9 Å². The summed E-state index contributed by atoms with van der Waals surface area (Å²) >= 11 is 0. The molecule has 1 amide bonds. The number of hydrogen-bond acceptors (Lipinski definition) is 1. The van der Waals surface area contributed by atoms with Crippen molar-refractivity contribution in [1.29, 1.82) is 0 Å². The molecule has 1 heterocycles. The summed E-state index contributed by atoms with van der Waals surface area (Å²) in [6, 6.07) is 10.7. The van der Waals surface area contributed by atoms with Crippen LogP contribution in [0, 0.1) is 5.92 Å². The maximum atomic E-state index is 12.0. The Hall–Kier alpha value is -1.31. The van der Waals surface area contributed by atoms with Gasteiger partial charge in [-0.1, -0.05) is 37.3 Å². The number of rotatable bonds is 2. The molecule has 0 spiro atoms. The highest BCUT2D eigenvalue weighted by Crippen LogP contribution is 2.37. The van der Waals surface area contributed by atoms with Crippen LogP contribution in [0.5, 0.6) is 0 Å². The average Bonchev–Trinajstić information content (AvgIpc) is 3.24. The van der Waals surface area contributed by atoms with Crippen molar-refractivity contribution in [3.63, 3.8) is 0 Å². The summed E-state index contributed by atoms with van der Waals surface area (Å²) in [7, 11) is 0. The summed E-state index contributed by atoms with van der Waals surface area (Å²) in [4.78, 5) is 14.1. The highest BCUT2D eigenvalue weighted by atomic mass is 16.2. The van der Waals surface area contributed by atoms with Gasteiger partial charge in [0.1, 0.15) is 0 Å². The van der Waals surface area contributed by atoms with Gasteiger partial charge in [0.25, 0.3) is 0 Å². The molecule has 0 aromatic heterocycles. The lowest BCUT2D eigenvalue weighted by atomic mass is 9.74. The maximum Gasteiger partial charge on any atom is 0.225 e. The van der Waals surface area contributed by atoms with Gasteiger partial charge in [-0.25, -0.2) is 0 Å². The number of carbonyl (C=O) groups excluding carboxylic acids is 1. The quantitative estimate of drug-likeness (QED) is 0.782. The smallest absolute Gasteiger partial charge is 0.225 e. The van der Waals surface area contributed by atoms with Crippen LogP contribution in [0.15, 0.2) is 30.3 Å². The summed E-state index contributed by atoms with van der Waals surface area (Å²) in [6.45, 7) is 4.20. The molecule has 1 aliphatic carbocycles. The predicted octanol–water partition coefficient (Wildman–Crippen LogP) is 2.98. The van der Waals surface area contributed by atoms with Crippen molar-refractivity contribution in [3.05, 3.63) is 35.9 Å². The Kier molecular flexibility index (Phi) is 2.89. The molecule has 18 heavy (non-hydrogen) atoms. The Bertz CT molecular complexity index is 428. The van der Waals surface area contributed by atoms with Gasteiger partial charge in [-0.15, -0.1) is 0 Å². The molecule has 2 fully saturated rings. The summed E-state index contributed by atoms with van der Waals surface area (Å²) < 4.78 is 0. The zero-order valence-electron chi connectivity index (χ0n) is 11.1. The largest absolute Gasteiger partial charge is 0.342 e. The molecule has 2 heteroatoms. The number of hydrogen-bond donors (Lipinski definition) is 0. The van der Waals surface area contributed by atoms with Crippen LogP contribution in [0.25, 0.3) is 0 Å². The molecule has 1 saturated carbocycles. The normalized spacial score (nSPS) is 22.8. The van der Waals surface area contributed by atoms with Gasteiger partial charge in [0, 0.05) is 19.0 Å². The van der Waals surface area contributed by atoms with Gasteiger partial charge >= 0.3 is 0 Å². The van der Waals surface area contributed by atoms with Crippen molar-refractivity contribution < 1.29 is 4.79 Å². The molecule has 96 valence electrons. The average molecular weight is 243 g/mol. The molecule has 2 nitrogen and oxygen atoms in total. The van der Waals surface area contributed by atoms with E-state index in [0.29, 0.717) is 11.8 Å². The van der Waals surface area contributed by atoms with E-state index in [1.165, 1.54) is 5.56 Å². The van der Waals surface area contributed by atoms with E-state index in [0.717, 1.165) is 38.8 Å². The van der Waals surface area contributed by atoms with Gasteiger partial charge in [-0.05, 0) is 36.7 Å². The Morgan fingerprint density at radius 1 is 1.17 bits per heavy atom. The van der Waals surface area contributed by atoms with Crippen LogP contribution in [0.2, 0.25) is 0 Å². The fraction of sp³-hybridized carbons (Fsp3) is 0.562. The van der Waals surface area contributed by atoms with Gasteiger partial charge in [-0.3, -0.25) is 4.79 Å². The first kappa shape index (κ1) is 11.8. The summed E-state index contributed by atoms with van der Waals surface area (Å²) in [5.74, 6) is 0.774. The highest BCUT2D eigenvalue weighted by Gasteiger charge is 2.38. The molecule has 0 N–H and O–H groups in total. The predicted molar refractivity (Wildman–Crippen MR) is 72.3 cm³/mol. The van der Waals surface area contributed by atoms with Gasteiger partial charge < -0.3 is 4.90 Å². The van der Waals surface area contributed by atoms with Crippen LogP contribution < -0.4 is 0 Å². The van der Waals surface area contributed by atoms with Crippen molar-refractivity contribution in [2.24, 2.45) is 5.92 Å². The number of carbonyl (C=O) groups is 1. The summed E-state index contributed by atoms with van der Waals surface area (Å²) in [5.41, 5.74) is 1.67. The third-order valence-corrected chi connectivity index (χ3v) is 4.58. The standard InChI is InChI=1S/C16H21NO/c1-16(14-5-3-2-4-6-14)9-11-17(12-10-16)15(18)13-7-8-13/h2-6,13H,7-12H2,1H3. The first-order valence-corrected chi connectivity index (χ1v) is 7.03. The molecule has 1 aromatic carbocycles. The number of benzene rings is 1. The lowest BCUT2D eigenvalue weighted by molar-refractivity contribution is -0.134. The molecule has 0 radical (unpaired) electrons. The topological polar surface area (TPSA) is 20.3 Å². The molecule has 2 aliphatic rings. The minimum absolute atomic E-state index is 0.252. The van der Waals surface area contributed by atoms with E-state index >= 15 is 0 Å². The zero-order chi connectivity index (χ0) is 12.6. The van der Waals surface area contributed by atoms with Crippen LogP contribution in [0.3, 0.4) is 0 Å². The van der Waals surface area contributed by atoms with E-state index in [9.17, 15) is 4.79 Å². The number of nitrogens with zero attached hydrogens (tertiary/aromatic N) is 1. The molecular weight excluding hydrogens is 222 g/mol. The van der Waals surface area contributed by atoms with Crippen molar-refractivity contribution in [3.8, 4) is 0 Å². The van der Waals surface area contributed by atoms with E-state index in [2.05, 4.69) is 42.2 Å². The second-order valence-electron chi connectivity index (χ2n) is 6.03. The van der Waals surface area contributed by atoms with E-state index in [1.807, 2.05) is 0 Å². The Morgan fingerprint density at radius 3 is 2.33 bits per heavy atom. The SMILES string of the molecule is CC1(c2ccccc2)CCN(C(=O)C2CC2)CC1. The molecule has 1 aliphatic heterocycles. The van der Waals surface area contributed by atoms with Crippen LogP contribution in [0.1, 0.15) is 38.2 Å². The van der Waals surface area contributed by atoms with E-state index < -0.39 is 0 Å². The van der Waals surface area contributed by atoms with Crippen molar-refractivity contribution in [2.75, 3.05) is 13.1 Å². The zero-order valence-corrected chi connectivity index (χ0v) is 11.1. The second kappa shape index (κ2) is 4.42. The summed E-state index contributed by atoms with van der Waals surface area (Å²) in [6.07, 6.45) is 4.42.